The number of carbonyl (C=O) groups is 1. The third-order valence-corrected chi connectivity index (χ3v) is 7.31. The zero-order valence-electron chi connectivity index (χ0n) is 18.7. The van der Waals surface area contributed by atoms with Gasteiger partial charge < -0.3 is 0 Å². The quantitative estimate of drug-likeness (QED) is 0.347. The molecule has 0 atom stereocenters. The molecule has 0 aliphatic carbocycles. The van der Waals surface area contributed by atoms with Gasteiger partial charge in [0.15, 0.2) is 5.13 Å². The Hall–Kier alpha value is -3.56. The van der Waals surface area contributed by atoms with Crippen molar-refractivity contribution in [2.24, 2.45) is 0 Å². The van der Waals surface area contributed by atoms with Crippen molar-refractivity contribution in [3.05, 3.63) is 94.1 Å². The first-order valence-corrected chi connectivity index (χ1v) is 12.7. The van der Waals surface area contributed by atoms with Crippen molar-refractivity contribution < 1.29 is 17.6 Å². The van der Waals surface area contributed by atoms with E-state index in [0.717, 1.165) is 34.5 Å². The fourth-order valence-corrected chi connectivity index (χ4v) is 5.50. The van der Waals surface area contributed by atoms with Gasteiger partial charge in [-0.3, -0.25) is 14.8 Å². The molecule has 2 N–H and O–H groups in total. The Balaban J connectivity index is 1.51. The van der Waals surface area contributed by atoms with Crippen LogP contribution in [0.3, 0.4) is 0 Å². The lowest BCUT2D eigenvalue weighted by Crippen LogP contribution is -2.15. The van der Waals surface area contributed by atoms with Crippen molar-refractivity contribution in [3.8, 4) is 11.3 Å². The predicted molar refractivity (Wildman–Crippen MR) is 133 cm³/mol. The summed E-state index contributed by atoms with van der Waals surface area (Å²) in [5, 5.41) is 5.11. The normalized spacial score (nSPS) is 11.3. The topological polar surface area (TPSA) is 88.2 Å². The number of aromatic nitrogens is 1. The summed E-state index contributed by atoms with van der Waals surface area (Å²) < 4.78 is 40.6. The molecule has 174 valence electrons. The van der Waals surface area contributed by atoms with Gasteiger partial charge in [0.25, 0.3) is 15.9 Å². The zero-order chi connectivity index (χ0) is 24.5. The second kappa shape index (κ2) is 9.36. The number of hydrogen-bond acceptors (Lipinski definition) is 5. The Bertz CT molecular complexity index is 1460. The van der Waals surface area contributed by atoms with Gasteiger partial charge in [-0.05, 0) is 74.4 Å². The molecule has 9 heteroatoms. The highest BCUT2D eigenvalue weighted by Crippen LogP contribution is 2.31. The number of nitrogens with one attached hydrogen (secondary N) is 2. The molecule has 1 heterocycles. The van der Waals surface area contributed by atoms with Crippen molar-refractivity contribution in [2.45, 2.75) is 25.7 Å². The number of halogens is 1. The molecule has 6 nitrogen and oxygen atoms in total. The lowest BCUT2D eigenvalue weighted by molar-refractivity contribution is 0.102. The first kappa shape index (κ1) is 23.6. The van der Waals surface area contributed by atoms with Crippen LogP contribution in [0, 0.1) is 26.6 Å². The summed E-state index contributed by atoms with van der Waals surface area (Å²) in [5.74, 6) is -0.947. The zero-order valence-corrected chi connectivity index (χ0v) is 20.4. The van der Waals surface area contributed by atoms with Crippen LogP contribution in [-0.4, -0.2) is 19.3 Å². The SMILES string of the molecule is Cc1cc(C)c(-c2csc(NC(=O)c3cccc(NS(=O)(=O)c4ccc(F)cc4)c3)n2)c(C)c1. The maximum atomic E-state index is 13.1. The van der Waals surface area contributed by atoms with E-state index in [-0.39, 0.29) is 16.1 Å². The van der Waals surface area contributed by atoms with E-state index in [0.29, 0.717) is 5.13 Å². The van der Waals surface area contributed by atoms with Crippen LogP contribution in [0.1, 0.15) is 27.0 Å². The minimum Gasteiger partial charge on any atom is -0.298 e. The number of thiazole rings is 1. The number of amides is 1. The van der Waals surface area contributed by atoms with Crippen LogP contribution in [0.25, 0.3) is 11.3 Å². The van der Waals surface area contributed by atoms with E-state index in [9.17, 15) is 17.6 Å². The number of rotatable bonds is 6. The van der Waals surface area contributed by atoms with Gasteiger partial charge in [-0.15, -0.1) is 11.3 Å². The van der Waals surface area contributed by atoms with E-state index in [1.54, 1.807) is 12.1 Å². The van der Waals surface area contributed by atoms with E-state index < -0.39 is 21.7 Å². The Labute approximate surface area is 201 Å². The number of anilines is 2. The maximum absolute atomic E-state index is 13.1. The maximum Gasteiger partial charge on any atom is 0.261 e. The molecular weight excluding hydrogens is 473 g/mol. The van der Waals surface area contributed by atoms with Gasteiger partial charge in [-0.1, -0.05) is 23.8 Å². The lowest BCUT2D eigenvalue weighted by atomic mass is 9.98. The lowest BCUT2D eigenvalue weighted by Gasteiger charge is -2.10. The molecule has 34 heavy (non-hydrogen) atoms. The highest BCUT2D eigenvalue weighted by atomic mass is 32.2. The van der Waals surface area contributed by atoms with Crippen LogP contribution < -0.4 is 10.0 Å². The summed E-state index contributed by atoms with van der Waals surface area (Å²) in [4.78, 5) is 17.3. The monoisotopic (exact) mass is 495 g/mol. The van der Waals surface area contributed by atoms with E-state index >= 15 is 0 Å². The third kappa shape index (κ3) is 5.16. The molecule has 1 amide bonds. The van der Waals surface area contributed by atoms with E-state index in [4.69, 9.17) is 0 Å². The number of aryl methyl sites for hydroxylation is 3. The second-order valence-electron chi connectivity index (χ2n) is 7.91. The summed E-state index contributed by atoms with van der Waals surface area (Å²) in [7, 11) is -3.93. The summed E-state index contributed by atoms with van der Waals surface area (Å²) in [6.45, 7) is 6.11. The van der Waals surface area contributed by atoms with Crippen molar-refractivity contribution in [1.82, 2.24) is 4.98 Å². The molecule has 4 rings (SSSR count). The smallest absolute Gasteiger partial charge is 0.261 e. The molecular formula is C25H22FN3O3S2. The number of sulfonamides is 1. The van der Waals surface area contributed by atoms with Crippen molar-refractivity contribution in [1.29, 1.82) is 0 Å². The van der Waals surface area contributed by atoms with Crippen LogP contribution in [0.5, 0.6) is 0 Å². The number of carbonyl (C=O) groups excluding carboxylic acids is 1. The Morgan fingerprint density at radius 1 is 0.971 bits per heavy atom. The van der Waals surface area contributed by atoms with Crippen LogP contribution in [-0.2, 0) is 10.0 Å². The number of nitrogens with zero attached hydrogens (tertiary/aromatic N) is 1. The Morgan fingerprint density at radius 2 is 1.65 bits per heavy atom. The van der Waals surface area contributed by atoms with Gasteiger partial charge in [0.05, 0.1) is 10.6 Å². The van der Waals surface area contributed by atoms with Crippen LogP contribution in [0.2, 0.25) is 0 Å². The third-order valence-electron chi connectivity index (χ3n) is 5.16. The van der Waals surface area contributed by atoms with Gasteiger partial charge in [-0.2, -0.15) is 0 Å². The molecule has 0 bridgehead atoms. The summed E-state index contributed by atoms with van der Waals surface area (Å²) >= 11 is 1.32. The van der Waals surface area contributed by atoms with E-state index in [1.807, 2.05) is 26.2 Å². The van der Waals surface area contributed by atoms with Crippen LogP contribution in [0.4, 0.5) is 15.2 Å². The molecule has 0 fully saturated rings. The number of hydrogen-bond donors (Lipinski definition) is 2. The molecule has 4 aromatic rings. The summed E-state index contributed by atoms with van der Waals surface area (Å²) in [5.41, 5.74) is 5.71. The van der Waals surface area contributed by atoms with Gasteiger partial charge in [0, 0.05) is 22.2 Å². The van der Waals surface area contributed by atoms with Gasteiger partial charge in [0.2, 0.25) is 0 Å². The summed E-state index contributed by atoms with van der Waals surface area (Å²) in [6, 6.07) is 14.8. The van der Waals surface area contributed by atoms with Crippen molar-refractivity contribution in [3.63, 3.8) is 0 Å². The molecule has 0 aliphatic heterocycles. The van der Waals surface area contributed by atoms with Gasteiger partial charge >= 0.3 is 0 Å². The largest absolute Gasteiger partial charge is 0.298 e. The van der Waals surface area contributed by atoms with Crippen molar-refractivity contribution in [2.75, 3.05) is 10.0 Å². The highest BCUT2D eigenvalue weighted by molar-refractivity contribution is 7.92. The van der Waals surface area contributed by atoms with E-state index in [1.165, 1.54) is 41.2 Å². The average molecular weight is 496 g/mol. The van der Waals surface area contributed by atoms with Gasteiger partial charge in [0.1, 0.15) is 5.82 Å². The molecule has 0 spiro atoms. The molecule has 0 unspecified atom stereocenters. The average Bonchev–Trinajstić information content (AvgIpc) is 3.21. The van der Waals surface area contributed by atoms with Crippen LogP contribution >= 0.6 is 11.3 Å². The second-order valence-corrected chi connectivity index (χ2v) is 10.4. The highest BCUT2D eigenvalue weighted by Gasteiger charge is 2.17. The van der Waals surface area contributed by atoms with Gasteiger partial charge in [-0.25, -0.2) is 17.8 Å². The van der Waals surface area contributed by atoms with Crippen molar-refractivity contribution >= 4 is 38.1 Å². The predicted octanol–water partition coefficient (Wildman–Crippen LogP) is 5.93. The molecule has 0 saturated heterocycles. The molecule has 1 aromatic heterocycles. The molecule has 0 aliphatic rings. The number of benzene rings is 3. The standard InChI is InChI=1S/C25H22FN3O3S2/c1-15-11-16(2)23(17(3)12-15)22-14-33-25(27-22)28-24(30)18-5-4-6-20(13-18)29-34(31,32)21-9-7-19(26)8-10-21/h4-14,29H,1-3H3,(H,27,28,30). The van der Waals surface area contributed by atoms with Crippen LogP contribution in [0.15, 0.2) is 70.9 Å². The minimum atomic E-state index is -3.93. The minimum absolute atomic E-state index is 0.0826. The molecule has 0 saturated carbocycles. The fourth-order valence-electron chi connectivity index (χ4n) is 3.75. The fraction of sp³-hybridized carbons (Fsp3) is 0.120. The Morgan fingerprint density at radius 3 is 2.32 bits per heavy atom. The summed E-state index contributed by atoms with van der Waals surface area (Å²) in [6.07, 6.45) is 0. The first-order valence-electron chi connectivity index (χ1n) is 10.4. The molecule has 3 aromatic carbocycles. The molecule has 0 radical (unpaired) electrons. The van der Waals surface area contributed by atoms with E-state index in [2.05, 4.69) is 27.2 Å². The Kier molecular flexibility index (Phi) is 6.49. The first-order chi connectivity index (χ1) is 16.1.